The maximum absolute atomic E-state index is 12.3. The number of aldehydes is 1. The lowest BCUT2D eigenvalue weighted by Crippen LogP contribution is -2.52. The number of para-hydroxylation sites is 1. The first-order chi connectivity index (χ1) is 15.3. The average Bonchev–Trinajstić information content (AvgIpc) is 2.79. The smallest absolute Gasteiger partial charge is 0.227 e. The minimum atomic E-state index is -0.737. The molecular weight excluding hydrogens is 428 g/mol. The first kappa shape index (κ1) is 29.7. The summed E-state index contributed by atoms with van der Waals surface area (Å²) >= 11 is 6.19. The highest BCUT2D eigenvalue weighted by molar-refractivity contribution is 6.33. The van der Waals surface area contributed by atoms with Crippen LogP contribution in [-0.2, 0) is 9.59 Å². The van der Waals surface area contributed by atoms with Crippen LogP contribution in [0.25, 0.3) is 0 Å². The molecule has 0 spiro atoms. The normalized spacial score (nSPS) is 15.4. The second kappa shape index (κ2) is 17.2. The summed E-state index contributed by atoms with van der Waals surface area (Å²) in [5.74, 6) is -0.231. The predicted octanol–water partition coefficient (Wildman–Crippen LogP) is 3.40. The summed E-state index contributed by atoms with van der Waals surface area (Å²) in [5.41, 5.74) is 6.61. The van der Waals surface area contributed by atoms with Crippen LogP contribution >= 0.6 is 11.6 Å². The Hall–Kier alpha value is -2.35. The zero-order valence-electron chi connectivity index (χ0n) is 19.8. The maximum atomic E-state index is 12.3. The number of likely N-dealkylation sites (N-methyl/N-ethyl adjacent to an activating group) is 1. The third-order valence-corrected chi connectivity index (χ3v) is 4.90. The van der Waals surface area contributed by atoms with Gasteiger partial charge in [-0.1, -0.05) is 63.6 Å². The number of allylic oxidation sites excluding steroid dienone is 2. The summed E-state index contributed by atoms with van der Waals surface area (Å²) in [6, 6.07) is 6.95. The molecule has 2 unspecified atom stereocenters. The molecule has 1 aromatic carbocycles. The van der Waals surface area contributed by atoms with Gasteiger partial charge in [0, 0.05) is 26.2 Å². The van der Waals surface area contributed by atoms with Gasteiger partial charge in [-0.2, -0.15) is 0 Å². The van der Waals surface area contributed by atoms with E-state index in [-0.39, 0.29) is 5.91 Å². The number of carbonyl (C=O) groups is 2. The Balaban J connectivity index is 0.000000732. The number of benzene rings is 1. The van der Waals surface area contributed by atoms with Crippen molar-refractivity contribution in [3.8, 4) is 0 Å². The van der Waals surface area contributed by atoms with Gasteiger partial charge in [-0.05, 0) is 25.3 Å². The van der Waals surface area contributed by atoms with E-state index in [2.05, 4.69) is 30.6 Å². The van der Waals surface area contributed by atoms with Gasteiger partial charge >= 0.3 is 0 Å². The summed E-state index contributed by atoms with van der Waals surface area (Å²) in [4.78, 5) is 26.9. The van der Waals surface area contributed by atoms with Crippen molar-refractivity contribution in [3.63, 3.8) is 0 Å². The second-order valence-electron chi connectivity index (χ2n) is 7.40. The van der Waals surface area contributed by atoms with Crippen LogP contribution in [0.4, 0.5) is 5.69 Å². The molecule has 0 aliphatic carbocycles. The molecule has 2 rings (SSSR count). The second-order valence-corrected chi connectivity index (χ2v) is 7.80. The van der Waals surface area contributed by atoms with Gasteiger partial charge in [0.1, 0.15) is 12.0 Å². The molecule has 1 aliphatic rings. The van der Waals surface area contributed by atoms with Gasteiger partial charge in [0.2, 0.25) is 5.91 Å². The molecule has 2 atom stereocenters. The number of aliphatic hydroxyl groups excluding tert-OH is 1. The molecule has 7 nitrogen and oxygen atoms in total. The van der Waals surface area contributed by atoms with Gasteiger partial charge in [0.05, 0.1) is 29.2 Å². The summed E-state index contributed by atoms with van der Waals surface area (Å²) in [6.07, 6.45) is 4.98. The molecule has 1 aromatic rings. The lowest BCUT2D eigenvalue weighted by atomic mass is 10.0. The predicted molar refractivity (Wildman–Crippen MR) is 134 cm³/mol. The highest BCUT2D eigenvalue weighted by Gasteiger charge is 2.28. The Labute approximate surface area is 197 Å². The molecule has 1 heterocycles. The number of hydrogen-bond acceptors (Lipinski definition) is 6. The lowest BCUT2D eigenvalue weighted by molar-refractivity contribution is -0.137. The number of nitrogens with zero attached hydrogens (tertiary/aromatic N) is 2. The number of nitrogens with one attached hydrogen (secondary N) is 1. The van der Waals surface area contributed by atoms with Gasteiger partial charge in [0.15, 0.2) is 0 Å². The fourth-order valence-corrected chi connectivity index (χ4v) is 3.08. The molecule has 1 aliphatic heterocycles. The van der Waals surface area contributed by atoms with E-state index < -0.39 is 12.0 Å². The Kier molecular flexibility index (Phi) is 16.0. The van der Waals surface area contributed by atoms with Gasteiger partial charge < -0.3 is 30.8 Å². The highest BCUT2D eigenvalue weighted by Crippen LogP contribution is 2.26. The van der Waals surface area contributed by atoms with Crippen molar-refractivity contribution >= 4 is 29.5 Å². The van der Waals surface area contributed by atoms with E-state index in [1.165, 1.54) is 6.42 Å². The molecule has 0 saturated carbocycles. The molecule has 1 amide bonds. The first-order valence-electron chi connectivity index (χ1n) is 10.9. The topological polar surface area (TPSA) is 98.9 Å². The summed E-state index contributed by atoms with van der Waals surface area (Å²) in [6.45, 7) is 12.5. The zero-order chi connectivity index (χ0) is 24.5. The quantitative estimate of drug-likeness (QED) is 0.323. The van der Waals surface area contributed by atoms with E-state index in [4.69, 9.17) is 22.4 Å². The largest absolute Gasteiger partial charge is 0.511 e. The van der Waals surface area contributed by atoms with Crippen LogP contribution in [0.2, 0.25) is 5.02 Å². The van der Waals surface area contributed by atoms with E-state index in [9.17, 15) is 9.59 Å². The van der Waals surface area contributed by atoms with Gasteiger partial charge in [-0.3, -0.25) is 4.79 Å². The van der Waals surface area contributed by atoms with Crippen LogP contribution in [0.5, 0.6) is 0 Å². The number of anilines is 1. The average molecular weight is 467 g/mol. The number of nitrogens with two attached hydrogens (primary N) is 1. The van der Waals surface area contributed by atoms with E-state index in [1.807, 2.05) is 24.3 Å². The van der Waals surface area contributed by atoms with Gasteiger partial charge in [-0.15, -0.1) is 0 Å². The molecule has 32 heavy (non-hydrogen) atoms. The SMILES string of the molecule is C=C/C=C(\O)CNC.CC(C(=O)N1CCN(c2ccccc2Cl)CC1)C(N)C=O.CCC. The maximum Gasteiger partial charge on any atom is 0.227 e. The number of hydrogen-bond donors (Lipinski definition) is 3. The highest BCUT2D eigenvalue weighted by atomic mass is 35.5. The van der Waals surface area contributed by atoms with Gasteiger partial charge in [0.25, 0.3) is 0 Å². The Bertz CT molecular complexity index is 719. The number of carbonyl (C=O) groups excluding carboxylic acids is 2. The molecule has 4 N–H and O–H groups in total. The van der Waals surface area contributed by atoms with Crippen LogP contribution in [0, 0.1) is 5.92 Å². The van der Waals surface area contributed by atoms with Crippen molar-refractivity contribution < 1.29 is 14.7 Å². The molecule has 0 radical (unpaired) electrons. The monoisotopic (exact) mass is 466 g/mol. The van der Waals surface area contributed by atoms with Crippen molar-refractivity contribution in [2.75, 3.05) is 44.7 Å². The van der Waals surface area contributed by atoms with E-state index in [0.29, 0.717) is 36.7 Å². The third kappa shape index (κ3) is 10.8. The molecular formula is C24H39ClN4O3. The minimum absolute atomic E-state index is 0.0617. The Morgan fingerprint density at radius 2 is 1.84 bits per heavy atom. The zero-order valence-corrected chi connectivity index (χ0v) is 20.5. The molecule has 0 aromatic heterocycles. The number of amides is 1. The molecule has 1 fully saturated rings. The fourth-order valence-electron chi connectivity index (χ4n) is 2.82. The molecule has 180 valence electrons. The summed E-state index contributed by atoms with van der Waals surface area (Å²) in [7, 11) is 1.77. The number of piperazine rings is 1. The Morgan fingerprint density at radius 3 is 2.31 bits per heavy atom. The lowest BCUT2D eigenvalue weighted by Gasteiger charge is -2.37. The first-order valence-corrected chi connectivity index (χ1v) is 11.3. The van der Waals surface area contributed by atoms with E-state index >= 15 is 0 Å². The van der Waals surface area contributed by atoms with Gasteiger partial charge in [-0.25, -0.2) is 0 Å². The number of halogens is 1. The van der Waals surface area contributed by atoms with Crippen LogP contribution in [0.1, 0.15) is 27.2 Å². The van der Waals surface area contributed by atoms with Crippen LogP contribution in [-0.4, -0.2) is 68.0 Å². The third-order valence-electron chi connectivity index (χ3n) is 4.58. The summed E-state index contributed by atoms with van der Waals surface area (Å²) < 4.78 is 0. The summed E-state index contributed by atoms with van der Waals surface area (Å²) in [5, 5.41) is 12.3. The van der Waals surface area contributed by atoms with E-state index in [1.54, 1.807) is 31.0 Å². The van der Waals surface area contributed by atoms with Crippen LogP contribution in [0.15, 0.2) is 48.8 Å². The van der Waals surface area contributed by atoms with Crippen LogP contribution < -0.4 is 16.0 Å². The fraction of sp³-hybridized carbons (Fsp3) is 0.500. The van der Waals surface area contributed by atoms with E-state index in [0.717, 1.165) is 18.8 Å². The molecule has 8 heteroatoms. The number of aliphatic hydroxyl groups is 1. The van der Waals surface area contributed by atoms with Crippen molar-refractivity contribution in [1.82, 2.24) is 10.2 Å². The Morgan fingerprint density at radius 1 is 1.28 bits per heavy atom. The van der Waals surface area contributed by atoms with Crippen molar-refractivity contribution in [1.29, 1.82) is 0 Å². The van der Waals surface area contributed by atoms with Crippen molar-refractivity contribution in [3.05, 3.63) is 53.8 Å². The molecule has 1 saturated heterocycles. The number of rotatable bonds is 7. The molecule has 0 bridgehead atoms. The van der Waals surface area contributed by atoms with Crippen molar-refractivity contribution in [2.24, 2.45) is 11.7 Å². The van der Waals surface area contributed by atoms with Crippen LogP contribution in [0.3, 0.4) is 0 Å². The standard InChI is InChI=1S/C15H20ClN3O2.C6H11NO.C3H8/c1-11(13(17)10-20)15(21)19-8-6-18(7-9-19)14-5-3-2-4-12(14)16;1-3-4-6(8)5-7-2;1-3-2/h2-5,10-11,13H,6-9,17H2,1H3;3-4,7-8H,1,5H2,2H3;3H2,1-2H3/b;6-4-;. The van der Waals surface area contributed by atoms with Crippen molar-refractivity contribution in [2.45, 2.75) is 33.2 Å². The minimum Gasteiger partial charge on any atom is -0.511 e.